The second-order valence-corrected chi connectivity index (χ2v) is 10.3. The van der Waals surface area contributed by atoms with E-state index in [0.29, 0.717) is 6.54 Å². The van der Waals surface area contributed by atoms with Crippen molar-refractivity contribution in [3.8, 4) is 11.1 Å². The van der Waals surface area contributed by atoms with Gasteiger partial charge in [-0.15, -0.1) is 0 Å². The van der Waals surface area contributed by atoms with Crippen LogP contribution in [0.2, 0.25) is 0 Å². The molecule has 0 saturated heterocycles. The van der Waals surface area contributed by atoms with E-state index in [4.69, 9.17) is 9.47 Å². The summed E-state index contributed by atoms with van der Waals surface area (Å²) in [5.74, 6) is -1.66. The minimum atomic E-state index is -1.19. The Morgan fingerprint density at radius 3 is 2.26 bits per heavy atom. The van der Waals surface area contributed by atoms with Crippen molar-refractivity contribution in [2.75, 3.05) is 18.1 Å². The van der Waals surface area contributed by atoms with Crippen molar-refractivity contribution in [2.45, 2.75) is 38.1 Å². The van der Waals surface area contributed by atoms with E-state index in [2.05, 4.69) is 22.5 Å². The number of aromatic carboxylic acids is 1. The summed E-state index contributed by atoms with van der Waals surface area (Å²) in [6.07, 6.45) is -0.305. The molecular weight excluding hydrogens is 536 g/mol. The summed E-state index contributed by atoms with van der Waals surface area (Å²) in [7, 11) is 0. The number of aromatic nitrogens is 2. The maximum atomic E-state index is 13.9. The van der Waals surface area contributed by atoms with Gasteiger partial charge in [-0.3, -0.25) is 9.69 Å². The maximum absolute atomic E-state index is 13.9. The lowest BCUT2D eigenvalue weighted by molar-refractivity contribution is -0.124. The molecule has 2 atom stereocenters. The molecule has 0 spiro atoms. The Morgan fingerprint density at radius 2 is 1.60 bits per heavy atom. The lowest BCUT2D eigenvalue weighted by Gasteiger charge is -2.28. The Labute approximate surface area is 242 Å². The molecule has 1 aliphatic carbocycles. The van der Waals surface area contributed by atoms with E-state index in [1.807, 2.05) is 66.7 Å². The van der Waals surface area contributed by atoms with Gasteiger partial charge in [0.2, 0.25) is 0 Å². The SMILES string of the molecule is CC(OCc1ccccc1)C(NC(=O)OCC1c2ccccc2-c2ccccc21)C(=O)N1CCn2ncc(C(=O)O)c21. The molecular formula is C32H30N4O6. The molecule has 2 heterocycles. The fourth-order valence-electron chi connectivity index (χ4n) is 5.71. The number of amides is 2. The van der Waals surface area contributed by atoms with Crippen LogP contribution < -0.4 is 10.2 Å². The van der Waals surface area contributed by atoms with Gasteiger partial charge < -0.3 is 19.9 Å². The fourth-order valence-corrected chi connectivity index (χ4v) is 5.71. The van der Waals surface area contributed by atoms with Gasteiger partial charge in [0.25, 0.3) is 5.91 Å². The second kappa shape index (κ2) is 11.5. The molecule has 2 unspecified atom stereocenters. The summed E-state index contributed by atoms with van der Waals surface area (Å²) in [4.78, 5) is 40.3. The minimum absolute atomic E-state index is 0.0830. The molecule has 1 aliphatic heterocycles. The first-order valence-corrected chi connectivity index (χ1v) is 13.8. The number of carboxylic acid groups (broad SMARTS) is 1. The van der Waals surface area contributed by atoms with Crippen molar-refractivity contribution in [3.05, 3.63) is 107 Å². The third-order valence-electron chi connectivity index (χ3n) is 7.81. The van der Waals surface area contributed by atoms with Crippen LogP contribution in [0.1, 0.15) is 39.9 Å². The summed E-state index contributed by atoms with van der Waals surface area (Å²) in [6, 6.07) is 24.4. The first-order chi connectivity index (χ1) is 20.4. The first-order valence-electron chi connectivity index (χ1n) is 13.8. The number of carbonyl (C=O) groups is 3. The summed E-state index contributed by atoms with van der Waals surface area (Å²) in [6.45, 7) is 2.55. The molecule has 0 saturated carbocycles. The number of hydrogen-bond donors (Lipinski definition) is 2. The highest BCUT2D eigenvalue weighted by Crippen LogP contribution is 2.44. The van der Waals surface area contributed by atoms with E-state index in [9.17, 15) is 19.5 Å². The first kappa shape index (κ1) is 27.2. The van der Waals surface area contributed by atoms with Crippen LogP contribution in [0.25, 0.3) is 11.1 Å². The highest BCUT2D eigenvalue weighted by atomic mass is 16.5. The van der Waals surface area contributed by atoms with E-state index >= 15 is 0 Å². The average Bonchev–Trinajstić information content (AvgIpc) is 3.70. The zero-order valence-corrected chi connectivity index (χ0v) is 23.0. The summed E-state index contributed by atoms with van der Waals surface area (Å²) in [5.41, 5.74) is 5.19. The van der Waals surface area contributed by atoms with Crippen LogP contribution in [-0.2, 0) is 27.4 Å². The normalized spacial score (nSPS) is 14.9. The van der Waals surface area contributed by atoms with Crippen molar-refractivity contribution in [1.29, 1.82) is 0 Å². The predicted molar refractivity (Wildman–Crippen MR) is 154 cm³/mol. The van der Waals surface area contributed by atoms with Crippen molar-refractivity contribution in [2.24, 2.45) is 0 Å². The van der Waals surface area contributed by atoms with Gasteiger partial charge in [-0.2, -0.15) is 5.10 Å². The van der Waals surface area contributed by atoms with E-state index in [-0.39, 0.29) is 37.1 Å². The highest BCUT2D eigenvalue weighted by molar-refractivity contribution is 6.04. The van der Waals surface area contributed by atoms with Gasteiger partial charge in [0.1, 0.15) is 24.0 Å². The van der Waals surface area contributed by atoms with E-state index in [1.165, 1.54) is 15.8 Å². The van der Waals surface area contributed by atoms with Gasteiger partial charge in [-0.25, -0.2) is 14.3 Å². The summed E-state index contributed by atoms with van der Waals surface area (Å²) in [5, 5.41) is 16.5. The number of benzene rings is 3. The number of rotatable bonds is 9. The van der Waals surface area contributed by atoms with Crippen molar-refractivity contribution in [1.82, 2.24) is 15.1 Å². The third kappa shape index (κ3) is 5.12. The number of hydrogen-bond acceptors (Lipinski definition) is 6. The Bertz CT molecular complexity index is 1590. The van der Waals surface area contributed by atoms with E-state index in [0.717, 1.165) is 27.8 Å². The summed E-state index contributed by atoms with van der Waals surface area (Å²) < 4.78 is 13.2. The van der Waals surface area contributed by atoms with Crippen LogP contribution in [0.5, 0.6) is 0 Å². The van der Waals surface area contributed by atoms with Gasteiger partial charge in [0, 0.05) is 12.5 Å². The Morgan fingerprint density at radius 1 is 0.952 bits per heavy atom. The molecule has 3 aromatic carbocycles. The van der Waals surface area contributed by atoms with Gasteiger partial charge in [0.15, 0.2) is 0 Å². The van der Waals surface area contributed by atoms with E-state index in [1.54, 1.807) is 6.92 Å². The topological polar surface area (TPSA) is 123 Å². The quantitative estimate of drug-likeness (QED) is 0.307. The number of carboxylic acids is 1. The molecule has 10 heteroatoms. The molecule has 1 aromatic heterocycles. The zero-order valence-electron chi connectivity index (χ0n) is 23.0. The lowest BCUT2D eigenvalue weighted by atomic mass is 9.98. The second-order valence-electron chi connectivity index (χ2n) is 10.3. The van der Waals surface area contributed by atoms with Crippen LogP contribution in [0, 0.1) is 0 Å². The molecule has 4 aromatic rings. The van der Waals surface area contributed by atoms with Crippen molar-refractivity contribution >= 4 is 23.8 Å². The van der Waals surface area contributed by atoms with Crippen LogP contribution in [0.4, 0.5) is 10.6 Å². The van der Waals surface area contributed by atoms with Crippen molar-refractivity contribution in [3.63, 3.8) is 0 Å². The summed E-state index contributed by atoms with van der Waals surface area (Å²) >= 11 is 0. The highest BCUT2D eigenvalue weighted by Gasteiger charge is 2.39. The number of ether oxygens (including phenoxy) is 2. The number of fused-ring (bicyclic) bond motifs is 4. The number of nitrogens with one attached hydrogen (secondary N) is 1. The van der Waals surface area contributed by atoms with Crippen LogP contribution >= 0.6 is 0 Å². The van der Waals surface area contributed by atoms with Gasteiger partial charge >= 0.3 is 12.1 Å². The fraction of sp³-hybridized carbons (Fsp3) is 0.250. The monoisotopic (exact) mass is 566 g/mol. The predicted octanol–water partition coefficient (Wildman–Crippen LogP) is 4.44. The molecule has 2 aliphatic rings. The molecule has 2 amide bonds. The third-order valence-corrected chi connectivity index (χ3v) is 7.81. The number of nitrogens with zero attached hydrogens (tertiary/aromatic N) is 3. The van der Waals surface area contributed by atoms with Crippen molar-refractivity contribution < 1.29 is 29.0 Å². The molecule has 42 heavy (non-hydrogen) atoms. The molecule has 2 N–H and O–H groups in total. The molecule has 0 radical (unpaired) electrons. The number of carbonyl (C=O) groups excluding carboxylic acids is 2. The van der Waals surface area contributed by atoms with Crippen LogP contribution in [0.15, 0.2) is 85.1 Å². The largest absolute Gasteiger partial charge is 0.477 e. The minimum Gasteiger partial charge on any atom is -0.477 e. The Hall–Kier alpha value is -4.96. The molecule has 6 rings (SSSR count). The average molecular weight is 567 g/mol. The molecule has 0 bridgehead atoms. The van der Waals surface area contributed by atoms with Crippen LogP contribution in [-0.4, -0.2) is 58.2 Å². The smallest absolute Gasteiger partial charge is 0.407 e. The Kier molecular flexibility index (Phi) is 7.45. The van der Waals surface area contributed by atoms with Gasteiger partial charge in [-0.1, -0.05) is 78.9 Å². The standard InChI is InChI=1S/C32H30N4O6/c1-20(41-18-21-9-3-2-4-10-21)28(30(37)35-15-16-36-29(35)26(17-33-36)31(38)39)34-32(40)42-19-27-24-13-7-5-11-22(24)23-12-6-8-14-25(23)27/h2-14,17,20,27-28H,15-16,18-19H2,1H3,(H,34,40)(H,38,39). The van der Waals surface area contributed by atoms with Gasteiger partial charge in [-0.05, 0) is 34.7 Å². The molecule has 10 nitrogen and oxygen atoms in total. The Balaban J connectivity index is 1.20. The van der Waals surface area contributed by atoms with Crippen LogP contribution in [0.3, 0.4) is 0 Å². The van der Waals surface area contributed by atoms with Gasteiger partial charge in [0.05, 0.1) is 25.5 Å². The lowest BCUT2D eigenvalue weighted by Crippen LogP contribution is -2.54. The molecule has 0 fully saturated rings. The maximum Gasteiger partial charge on any atom is 0.407 e. The number of alkyl carbamates (subject to hydrolysis) is 1. The van der Waals surface area contributed by atoms with E-state index < -0.39 is 30.1 Å². The molecule has 214 valence electrons. The zero-order chi connectivity index (χ0) is 29.2. The number of anilines is 1.